The summed E-state index contributed by atoms with van der Waals surface area (Å²) >= 11 is 5.69. The van der Waals surface area contributed by atoms with Crippen molar-refractivity contribution in [1.82, 2.24) is 0 Å². The molecule has 0 aromatic heterocycles. The Bertz CT molecular complexity index is 627. The molecule has 0 heterocycles. The highest BCUT2D eigenvalue weighted by atomic mass is 35.5. The fraction of sp³-hybridized carbons (Fsp3) is 0. The molecule has 0 aliphatic rings. The van der Waals surface area contributed by atoms with E-state index in [1.807, 2.05) is 0 Å². The van der Waals surface area contributed by atoms with Gasteiger partial charge in [0.05, 0.1) is 11.3 Å². The van der Waals surface area contributed by atoms with Crippen LogP contribution in [-0.4, -0.2) is 11.7 Å². The molecule has 7 heteroatoms. The first kappa shape index (κ1) is 14.5. The Morgan fingerprint density at radius 1 is 1.32 bits per heavy atom. The number of hydrogen-bond donors (Lipinski definition) is 4. The number of carbonyl (C=O) groups excluding carboxylic acids is 1. The van der Waals surface area contributed by atoms with Gasteiger partial charge in [-0.15, -0.1) is 0 Å². The van der Waals surface area contributed by atoms with Gasteiger partial charge in [0.2, 0.25) is 0 Å². The van der Waals surface area contributed by atoms with Crippen molar-refractivity contribution >= 4 is 23.3 Å². The number of nitrogens with one attached hydrogen (secondary N) is 1. The lowest BCUT2D eigenvalue weighted by Crippen LogP contribution is -2.28. The summed E-state index contributed by atoms with van der Waals surface area (Å²) in [5.41, 5.74) is 14.9. The number of primary amides is 1. The summed E-state index contributed by atoms with van der Waals surface area (Å²) in [6.07, 6.45) is 0. The molecule has 0 aliphatic carbocycles. The van der Waals surface area contributed by atoms with Crippen molar-refractivity contribution in [2.75, 3.05) is 0 Å². The number of amides is 1. The first-order valence-corrected chi connectivity index (χ1v) is 5.31. The second kappa shape index (κ2) is 5.89. The van der Waals surface area contributed by atoms with E-state index in [9.17, 15) is 9.18 Å². The largest absolute Gasteiger partial charge is 0.391 e. The van der Waals surface area contributed by atoms with Crippen LogP contribution in [0.3, 0.4) is 0 Å². The van der Waals surface area contributed by atoms with Crippen LogP contribution >= 0.6 is 11.6 Å². The SMILES string of the molecule is N=C(N)C(C(N)=O)=C(N)C#Cc1cc(Cl)ccc1F. The highest BCUT2D eigenvalue weighted by Crippen LogP contribution is 2.13. The quantitative estimate of drug-likeness (QED) is 0.273. The van der Waals surface area contributed by atoms with Gasteiger partial charge in [-0.05, 0) is 24.1 Å². The van der Waals surface area contributed by atoms with Crippen LogP contribution < -0.4 is 17.2 Å². The summed E-state index contributed by atoms with van der Waals surface area (Å²) in [7, 11) is 0. The molecule has 7 N–H and O–H groups in total. The van der Waals surface area contributed by atoms with Gasteiger partial charge >= 0.3 is 0 Å². The lowest BCUT2D eigenvalue weighted by atomic mass is 10.1. The molecule has 0 atom stereocenters. The van der Waals surface area contributed by atoms with E-state index in [2.05, 4.69) is 11.8 Å². The minimum Gasteiger partial charge on any atom is -0.391 e. The normalized spacial score (nSPS) is 11.1. The number of carbonyl (C=O) groups is 1. The summed E-state index contributed by atoms with van der Waals surface area (Å²) in [5.74, 6) is 2.53. The molecule has 0 spiro atoms. The molecule has 1 rings (SSSR count). The van der Waals surface area contributed by atoms with Gasteiger partial charge < -0.3 is 17.2 Å². The molecule has 0 saturated carbocycles. The first-order valence-electron chi connectivity index (χ1n) is 4.94. The van der Waals surface area contributed by atoms with E-state index in [4.69, 9.17) is 34.2 Å². The number of halogens is 2. The van der Waals surface area contributed by atoms with Gasteiger partial charge in [0, 0.05) is 5.02 Å². The minimum atomic E-state index is -0.981. The van der Waals surface area contributed by atoms with Crippen LogP contribution in [0.15, 0.2) is 29.5 Å². The molecule has 0 unspecified atom stereocenters. The molecule has 19 heavy (non-hydrogen) atoms. The van der Waals surface area contributed by atoms with Crippen LogP contribution in [-0.2, 0) is 4.79 Å². The molecule has 5 nitrogen and oxygen atoms in total. The highest BCUT2D eigenvalue weighted by molar-refractivity contribution is 6.30. The number of rotatable bonds is 2. The summed E-state index contributed by atoms with van der Waals surface area (Å²) < 4.78 is 13.4. The average Bonchev–Trinajstić information content (AvgIpc) is 2.29. The van der Waals surface area contributed by atoms with Crippen LogP contribution in [0.4, 0.5) is 4.39 Å². The van der Waals surface area contributed by atoms with Crippen molar-refractivity contribution in [2.24, 2.45) is 17.2 Å². The van der Waals surface area contributed by atoms with Crippen LogP contribution in [0.25, 0.3) is 0 Å². The van der Waals surface area contributed by atoms with E-state index in [0.29, 0.717) is 5.02 Å². The third kappa shape index (κ3) is 3.72. The fourth-order valence-electron chi connectivity index (χ4n) is 1.20. The maximum atomic E-state index is 13.4. The Morgan fingerprint density at radius 2 is 1.95 bits per heavy atom. The summed E-state index contributed by atoms with van der Waals surface area (Å²) in [4.78, 5) is 11.0. The monoisotopic (exact) mass is 280 g/mol. The lowest BCUT2D eigenvalue weighted by molar-refractivity contribution is -0.114. The van der Waals surface area contributed by atoms with Crippen LogP contribution in [0.2, 0.25) is 5.02 Å². The average molecular weight is 281 g/mol. The van der Waals surface area contributed by atoms with E-state index in [1.54, 1.807) is 0 Å². The molecular weight excluding hydrogens is 271 g/mol. The Hall–Kier alpha value is -2.52. The van der Waals surface area contributed by atoms with E-state index in [1.165, 1.54) is 12.1 Å². The van der Waals surface area contributed by atoms with Gasteiger partial charge in [-0.1, -0.05) is 17.5 Å². The molecule has 98 valence electrons. The zero-order valence-electron chi connectivity index (χ0n) is 9.63. The third-order valence-corrected chi connectivity index (χ3v) is 2.28. The van der Waals surface area contributed by atoms with Gasteiger partial charge in [-0.3, -0.25) is 10.2 Å². The number of benzene rings is 1. The van der Waals surface area contributed by atoms with Crippen LogP contribution in [0.1, 0.15) is 5.56 Å². The zero-order chi connectivity index (χ0) is 14.6. The van der Waals surface area contributed by atoms with E-state index < -0.39 is 23.1 Å². The van der Waals surface area contributed by atoms with Crippen molar-refractivity contribution in [3.05, 3.63) is 45.9 Å². The van der Waals surface area contributed by atoms with Gasteiger partial charge in [0.25, 0.3) is 5.91 Å². The highest BCUT2D eigenvalue weighted by Gasteiger charge is 2.12. The third-order valence-electron chi connectivity index (χ3n) is 2.05. The smallest absolute Gasteiger partial charge is 0.255 e. The Morgan fingerprint density at radius 3 is 2.47 bits per heavy atom. The molecule has 0 bridgehead atoms. The van der Waals surface area contributed by atoms with Crippen molar-refractivity contribution in [2.45, 2.75) is 0 Å². The molecule has 0 radical (unpaired) electrons. The summed E-state index contributed by atoms with van der Waals surface area (Å²) in [6, 6.07) is 3.81. The predicted molar refractivity (Wildman–Crippen MR) is 70.6 cm³/mol. The van der Waals surface area contributed by atoms with Crippen LogP contribution in [0.5, 0.6) is 0 Å². The number of amidine groups is 1. The van der Waals surface area contributed by atoms with Crippen molar-refractivity contribution in [3.8, 4) is 11.8 Å². The van der Waals surface area contributed by atoms with Crippen molar-refractivity contribution < 1.29 is 9.18 Å². The summed E-state index contributed by atoms with van der Waals surface area (Å²) in [5, 5.41) is 7.45. The second-order valence-electron chi connectivity index (χ2n) is 3.44. The number of allylic oxidation sites excluding steroid dienone is 1. The molecular formula is C12H10ClFN4O. The predicted octanol–water partition coefficient (Wildman–Crippen LogP) is 0.465. The fourth-order valence-corrected chi connectivity index (χ4v) is 1.37. The van der Waals surface area contributed by atoms with E-state index in [0.717, 1.165) is 6.07 Å². The van der Waals surface area contributed by atoms with E-state index in [-0.39, 0.29) is 11.3 Å². The molecule has 0 fully saturated rings. The van der Waals surface area contributed by atoms with Crippen LogP contribution in [0, 0.1) is 23.1 Å². The van der Waals surface area contributed by atoms with E-state index >= 15 is 0 Å². The molecule has 0 aliphatic heterocycles. The molecule has 1 aromatic carbocycles. The molecule has 0 saturated heterocycles. The lowest BCUT2D eigenvalue weighted by Gasteiger charge is -2.01. The maximum absolute atomic E-state index is 13.4. The standard InChI is InChI=1S/C12H10ClFN4O/c13-7-2-3-8(14)6(5-7)1-4-9(15)10(11(16)17)12(18)19/h2-3,5H,15H2,(H3,16,17)(H2,18,19). The van der Waals surface area contributed by atoms with Gasteiger partial charge in [0.1, 0.15) is 17.2 Å². The Kier molecular flexibility index (Phi) is 4.51. The zero-order valence-corrected chi connectivity index (χ0v) is 10.4. The van der Waals surface area contributed by atoms with Gasteiger partial charge in [-0.2, -0.15) is 0 Å². The Labute approximate surface area is 113 Å². The number of nitrogens with two attached hydrogens (primary N) is 3. The molecule has 1 amide bonds. The van der Waals surface area contributed by atoms with Gasteiger partial charge in [-0.25, -0.2) is 4.39 Å². The first-order chi connectivity index (χ1) is 8.82. The Balaban J connectivity index is 3.25. The van der Waals surface area contributed by atoms with Crippen molar-refractivity contribution in [1.29, 1.82) is 5.41 Å². The summed E-state index contributed by atoms with van der Waals surface area (Å²) in [6.45, 7) is 0. The van der Waals surface area contributed by atoms with Crippen molar-refractivity contribution in [3.63, 3.8) is 0 Å². The molecule has 1 aromatic rings. The van der Waals surface area contributed by atoms with Gasteiger partial charge in [0.15, 0.2) is 0 Å². The topological polar surface area (TPSA) is 119 Å². The second-order valence-corrected chi connectivity index (χ2v) is 3.88. The maximum Gasteiger partial charge on any atom is 0.255 e. The minimum absolute atomic E-state index is 0.00261. The number of hydrogen-bond acceptors (Lipinski definition) is 3.